The zero-order chi connectivity index (χ0) is 16.4. The molecule has 126 valence electrons. The third kappa shape index (κ3) is 3.68. The van der Waals surface area contributed by atoms with E-state index in [2.05, 4.69) is 44.8 Å². The Morgan fingerprint density at radius 2 is 2.17 bits per heavy atom. The Morgan fingerprint density at radius 1 is 1.29 bits per heavy atom. The summed E-state index contributed by atoms with van der Waals surface area (Å²) in [7, 11) is 0. The van der Waals surface area contributed by atoms with Crippen molar-refractivity contribution < 1.29 is 4.79 Å². The van der Waals surface area contributed by atoms with Gasteiger partial charge in [-0.1, -0.05) is 30.3 Å². The second-order valence-corrected chi connectivity index (χ2v) is 7.88. The predicted octanol–water partition coefficient (Wildman–Crippen LogP) is 2.83. The Hall–Kier alpha value is -1.72. The van der Waals surface area contributed by atoms with Crippen LogP contribution in [0.2, 0.25) is 0 Å². The average Bonchev–Trinajstić information content (AvgIpc) is 3.31. The van der Waals surface area contributed by atoms with E-state index in [-0.39, 0.29) is 5.91 Å². The first-order valence-electron chi connectivity index (χ1n) is 8.74. The summed E-state index contributed by atoms with van der Waals surface area (Å²) in [6, 6.07) is 11.0. The van der Waals surface area contributed by atoms with E-state index in [4.69, 9.17) is 0 Å². The van der Waals surface area contributed by atoms with E-state index < -0.39 is 0 Å². The van der Waals surface area contributed by atoms with E-state index in [1.54, 1.807) is 11.3 Å². The molecule has 0 radical (unpaired) electrons. The van der Waals surface area contributed by atoms with Gasteiger partial charge in [0.15, 0.2) is 0 Å². The topological polar surface area (TPSA) is 45.2 Å². The van der Waals surface area contributed by atoms with Crippen LogP contribution in [0.3, 0.4) is 0 Å². The number of hydrogen-bond acceptors (Lipinski definition) is 4. The highest BCUT2D eigenvalue weighted by Gasteiger charge is 2.38. The first kappa shape index (κ1) is 15.8. The molecule has 4 rings (SSSR count). The summed E-state index contributed by atoms with van der Waals surface area (Å²) in [4.78, 5) is 19.2. The maximum atomic E-state index is 12.2. The number of fused-ring (bicyclic) bond motifs is 2. The Balaban J connectivity index is 1.25. The highest BCUT2D eigenvalue weighted by molar-refractivity contribution is 7.09. The quantitative estimate of drug-likeness (QED) is 0.879. The number of thiazole rings is 1. The molecule has 4 nitrogen and oxygen atoms in total. The van der Waals surface area contributed by atoms with E-state index in [0.29, 0.717) is 19.1 Å². The molecule has 1 amide bonds. The second kappa shape index (κ2) is 7.03. The molecule has 2 bridgehead atoms. The van der Waals surface area contributed by atoms with Crippen LogP contribution in [-0.4, -0.2) is 34.9 Å². The van der Waals surface area contributed by atoms with Crippen molar-refractivity contribution in [3.63, 3.8) is 0 Å². The first-order valence-corrected chi connectivity index (χ1v) is 9.62. The van der Waals surface area contributed by atoms with E-state index in [0.717, 1.165) is 29.6 Å². The number of aromatic nitrogens is 1. The molecule has 24 heavy (non-hydrogen) atoms. The van der Waals surface area contributed by atoms with Crippen molar-refractivity contribution in [3.8, 4) is 0 Å². The van der Waals surface area contributed by atoms with Gasteiger partial charge in [-0.2, -0.15) is 0 Å². The van der Waals surface area contributed by atoms with Gasteiger partial charge >= 0.3 is 0 Å². The molecule has 1 aromatic carbocycles. The van der Waals surface area contributed by atoms with Crippen molar-refractivity contribution in [2.45, 2.75) is 38.3 Å². The van der Waals surface area contributed by atoms with Crippen LogP contribution in [0.1, 0.15) is 35.5 Å². The van der Waals surface area contributed by atoms with Crippen LogP contribution >= 0.6 is 11.3 Å². The van der Waals surface area contributed by atoms with Crippen LogP contribution < -0.4 is 5.32 Å². The molecule has 2 heterocycles. The van der Waals surface area contributed by atoms with Crippen molar-refractivity contribution in [2.24, 2.45) is 5.92 Å². The third-order valence-electron chi connectivity index (χ3n) is 5.13. The normalized spacial score (nSPS) is 22.8. The minimum atomic E-state index is 0.125. The molecule has 2 aliphatic rings. The fourth-order valence-electron chi connectivity index (χ4n) is 3.93. The Morgan fingerprint density at radius 3 is 2.92 bits per heavy atom. The number of nitrogens with zero attached hydrogens (tertiary/aromatic N) is 2. The standard InChI is InChI=1S/C19H23N3OS/c23-18(12-22-11-15-6-7-17(22)8-15)20-10-16-13-24-19(21-16)9-14-4-2-1-3-5-14/h1-5,13,15,17H,6-12H2,(H,20,23)/t15-,17+/m1/s1. The number of carbonyl (C=O) groups is 1. The van der Waals surface area contributed by atoms with E-state index in [1.165, 1.54) is 24.8 Å². The number of rotatable bonds is 6. The maximum absolute atomic E-state index is 12.2. The monoisotopic (exact) mass is 341 g/mol. The highest BCUT2D eigenvalue weighted by Crippen LogP contribution is 2.36. The first-order chi connectivity index (χ1) is 11.8. The molecule has 0 unspecified atom stereocenters. The SMILES string of the molecule is O=C(CN1C[C@@H]2CC[C@H]1C2)NCc1csc(Cc2ccccc2)n1. The van der Waals surface area contributed by atoms with Gasteiger partial charge in [0.1, 0.15) is 0 Å². The van der Waals surface area contributed by atoms with Crippen LogP contribution in [0, 0.1) is 5.92 Å². The molecule has 2 fully saturated rings. The van der Waals surface area contributed by atoms with Crippen molar-refractivity contribution >= 4 is 17.2 Å². The van der Waals surface area contributed by atoms with Crippen molar-refractivity contribution in [1.82, 2.24) is 15.2 Å². The second-order valence-electron chi connectivity index (χ2n) is 6.93. The number of nitrogens with one attached hydrogen (secondary N) is 1. The molecule has 1 aliphatic carbocycles. The molecule has 1 saturated carbocycles. The fourth-order valence-corrected chi connectivity index (χ4v) is 4.76. The zero-order valence-corrected chi connectivity index (χ0v) is 14.6. The van der Waals surface area contributed by atoms with Gasteiger partial charge in [-0.25, -0.2) is 4.98 Å². The Labute approximate surface area is 146 Å². The molecule has 2 atom stereocenters. The molecule has 1 aromatic heterocycles. The molecule has 5 heteroatoms. The number of carbonyl (C=O) groups excluding carboxylic acids is 1. The number of likely N-dealkylation sites (tertiary alicyclic amines) is 1. The largest absolute Gasteiger partial charge is 0.349 e. The molecule has 1 saturated heterocycles. The number of benzene rings is 1. The lowest BCUT2D eigenvalue weighted by atomic mass is 10.1. The summed E-state index contributed by atoms with van der Waals surface area (Å²) in [5.74, 6) is 0.960. The van der Waals surface area contributed by atoms with E-state index in [1.807, 2.05) is 6.07 Å². The minimum absolute atomic E-state index is 0.125. The van der Waals surface area contributed by atoms with Crippen molar-refractivity contribution in [3.05, 3.63) is 52.0 Å². The predicted molar refractivity (Wildman–Crippen MR) is 95.9 cm³/mol. The van der Waals surface area contributed by atoms with Crippen LogP contribution in [-0.2, 0) is 17.8 Å². The summed E-state index contributed by atoms with van der Waals surface area (Å²) >= 11 is 1.67. The lowest BCUT2D eigenvalue weighted by Gasteiger charge is -2.25. The molecule has 2 aromatic rings. The zero-order valence-electron chi connectivity index (χ0n) is 13.8. The summed E-state index contributed by atoms with van der Waals surface area (Å²) in [6.07, 6.45) is 4.77. The molecular formula is C19H23N3OS. The van der Waals surface area contributed by atoms with Gasteiger partial charge in [-0.3, -0.25) is 9.69 Å². The smallest absolute Gasteiger partial charge is 0.234 e. The van der Waals surface area contributed by atoms with Crippen LogP contribution in [0.4, 0.5) is 0 Å². The maximum Gasteiger partial charge on any atom is 0.234 e. The lowest BCUT2D eigenvalue weighted by Crippen LogP contribution is -2.41. The van der Waals surface area contributed by atoms with Crippen LogP contribution in [0.15, 0.2) is 35.7 Å². The summed E-state index contributed by atoms with van der Waals surface area (Å²) in [5, 5.41) is 6.18. The molecule has 0 spiro atoms. The summed E-state index contributed by atoms with van der Waals surface area (Å²) < 4.78 is 0. The number of hydrogen-bond donors (Lipinski definition) is 1. The molecule has 1 N–H and O–H groups in total. The fraction of sp³-hybridized carbons (Fsp3) is 0.474. The number of piperidine rings is 1. The van der Waals surface area contributed by atoms with Crippen LogP contribution in [0.5, 0.6) is 0 Å². The molecular weight excluding hydrogens is 318 g/mol. The average molecular weight is 341 g/mol. The Bertz CT molecular complexity index is 700. The van der Waals surface area contributed by atoms with Gasteiger partial charge in [0.2, 0.25) is 5.91 Å². The minimum Gasteiger partial charge on any atom is -0.349 e. The van der Waals surface area contributed by atoms with Gasteiger partial charge < -0.3 is 5.32 Å². The van der Waals surface area contributed by atoms with Crippen molar-refractivity contribution in [1.29, 1.82) is 0 Å². The van der Waals surface area contributed by atoms with Gasteiger partial charge in [0.05, 0.1) is 23.8 Å². The van der Waals surface area contributed by atoms with Gasteiger partial charge in [-0.05, 0) is 30.7 Å². The van der Waals surface area contributed by atoms with E-state index >= 15 is 0 Å². The summed E-state index contributed by atoms with van der Waals surface area (Å²) in [5.41, 5.74) is 2.23. The lowest BCUT2D eigenvalue weighted by molar-refractivity contribution is -0.122. The number of amides is 1. The molecule has 1 aliphatic heterocycles. The van der Waals surface area contributed by atoms with Crippen LogP contribution in [0.25, 0.3) is 0 Å². The third-order valence-corrected chi connectivity index (χ3v) is 6.03. The van der Waals surface area contributed by atoms with Gasteiger partial charge in [-0.15, -0.1) is 11.3 Å². The van der Waals surface area contributed by atoms with Crippen molar-refractivity contribution in [2.75, 3.05) is 13.1 Å². The van der Waals surface area contributed by atoms with Gasteiger partial charge in [0, 0.05) is 24.4 Å². The Kier molecular flexibility index (Phi) is 4.63. The van der Waals surface area contributed by atoms with E-state index in [9.17, 15) is 4.79 Å². The summed E-state index contributed by atoms with van der Waals surface area (Å²) in [6.45, 7) is 2.18. The van der Waals surface area contributed by atoms with Gasteiger partial charge in [0.25, 0.3) is 0 Å². The highest BCUT2D eigenvalue weighted by atomic mass is 32.1.